The van der Waals surface area contributed by atoms with Crippen LogP contribution in [0.5, 0.6) is 0 Å². The largest absolute Gasteiger partial charge is 0.384 e. The summed E-state index contributed by atoms with van der Waals surface area (Å²) in [4.78, 5) is 23.8. The van der Waals surface area contributed by atoms with Crippen molar-refractivity contribution in [3.8, 4) is 0 Å². The zero-order valence-electron chi connectivity index (χ0n) is 12.8. The number of hydrogen-bond donors (Lipinski definition) is 3. The zero-order valence-corrected chi connectivity index (χ0v) is 12.8. The van der Waals surface area contributed by atoms with Crippen LogP contribution in [0.15, 0.2) is 24.3 Å². The summed E-state index contributed by atoms with van der Waals surface area (Å²) in [6.07, 6.45) is 0.438. The average Bonchev–Trinajstić information content (AvgIpc) is 2.88. The molecule has 5 nitrogen and oxygen atoms in total. The highest BCUT2D eigenvalue weighted by Gasteiger charge is 2.28. The topological polar surface area (TPSA) is 70.2 Å². The Kier molecular flexibility index (Phi) is 4.50. The number of fused-ring (bicyclic) bond motifs is 1. The van der Waals surface area contributed by atoms with E-state index in [-0.39, 0.29) is 17.7 Å². The lowest BCUT2D eigenvalue weighted by molar-refractivity contribution is -0.129. The van der Waals surface area contributed by atoms with Crippen molar-refractivity contribution in [2.45, 2.75) is 26.2 Å². The number of para-hydroxylation sites is 1. The first kappa shape index (κ1) is 15.4. The normalized spacial score (nSPS) is 16.8. The maximum atomic E-state index is 12.1. The molecule has 0 bridgehead atoms. The molecule has 0 radical (unpaired) electrons. The summed E-state index contributed by atoms with van der Waals surface area (Å²) in [5, 5.41) is 8.79. The molecule has 0 aromatic heterocycles. The van der Waals surface area contributed by atoms with Gasteiger partial charge in [0.05, 0.1) is 5.41 Å². The highest BCUT2D eigenvalue weighted by Crippen LogP contribution is 2.33. The van der Waals surface area contributed by atoms with Crippen molar-refractivity contribution in [1.29, 1.82) is 0 Å². The van der Waals surface area contributed by atoms with Crippen LogP contribution in [0.25, 0.3) is 0 Å². The van der Waals surface area contributed by atoms with Crippen LogP contribution >= 0.6 is 0 Å². The molecule has 0 saturated heterocycles. The summed E-state index contributed by atoms with van der Waals surface area (Å²) in [5.41, 5.74) is 1.70. The minimum Gasteiger partial charge on any atom is -0.384 e. The Balaban J connectivity index is 1.88. The molecule has 1 heterocycles. The van der Waals surface area contributed by atoms with Crippen LogP contribution in [0.3, 0.4) is 0 Å². The molecule has 114 valence electrons. The van der Waals surface area contributed by atoms with E-state index in [1.165, 1.54) is 5.56 Å². The van der Waals surface area contributed by atoms with Crippen LogP contribution in [0, 0.1) is 5.41 Å². The molecule has 0 aliphatic carbocycles. The molecule has 2 rings (SSSR count). The van der Waals surface area contributed by atoms with Gasteiger partial charge >= 0.3 is 0 Å². The van der Waals surface area contributed by atoms with Crippen molar-refractivity contribution in [3.63, 3.8) is 0 Å². The second kappa shape index (κ2) is 6.16. The van der Waals surface area contributed by atoms with Crippen molar-refractivity contribution in [2.75, 3.05) is 25.5 Å². The van der Waals surface area contributed by atoms with E-state index >= 15 is 0 Å². The second-order valence-corrected chi connectivity index (χ2v) is 6.11. The molecule has 1 aromatic carbocycles. The fourth-order valence-corrected chi connectivity index (χ4v) is 2.57. The van der Waals surface area contributed by atoms with Gasteiger partial charge in [0.25, 0.3) is 0 Å². The SMILES string of the molecule is CNC(=O)C(C)(C)CNC(=O)CC1CNc2ccccc21. The number of anilines is 1. The molecule has 0 saturated carbocycles. The van der Waals surface area contributed by atoms with Crippen molar-refractivity contribution >= 4 is 17.5 Å². The third-order valence-electron chi connectivity index (χ3n) is 3.94. The Bertz CT molecular complexity index is 540. The maximum absolute atomic E-state index is 12.1. The number of carbonyl (C=O) groups is 2. The molecule has 1 atom stereocenters. The van der Waals surface area contributed by atoms with Crippen LogP contribution in [-0.2, 0) is 9.59 Å². The van der Waals surface area contributed by atoms with E-state index in [4.69, 9.17) is 0 Å². The van der Waals surface area contributed by atoms with E-state index in [0.717, 1.165) is 12.2 Å². The molecule has 21 heavy (non-hydrogen) atoms. The molecule has 1 aliphatic rings. The van der Waals surface area contributed by atoms with Crippen LogP contribution in [0.1, 0.15) is 31.7 Å². The molecule has 3 N–H and O–H groups in total. The van der Waals surface area contributed by atoms with Crippen molar-refractivity contribution < 1.29 is 9.59 Å². The average molecular weight is 289 g/mol. The summed E-state index contributed by atoms with van der Waals surface area (Å²) in [6.45, 7) is 4.76. The molecule has 0 spiro atoms. The lowest BCUT2D eigenvalue weighted by Gasteiger charge is -2.23. The summed E-state index contributed by atoms with van der Waals surface area (Å²) in [7, 11) is 1.60. The summed E-state index contributed by atoms with van der Waals surface area (Å²) in [6, 6.07) is 8.06. The van der Waals surface area contributed by atoms with Gasteiger partial charge in [0.1, 0.15) is 0 Å². The lowest BCUT2D eigenvalue weighted by atomic mass is 9.92. The van der Waals surface area contributed by atoms with E-state index in [0.29, 0.717) is 13.0 Å². The minimum absolute atomic E-state index is 0.0181. The van der Waals surface area contributed by atoms with Crippen molar-refractivity contribution in [1.82, 2.24) is 10.6 Å². The van der Waals surface area contributed by atoms with E-state index in [2.05, 4.69) is 22.0 Å². The number of benzene rings is 1. The van der Waals surface area contributed by atoms with Gasteiger partial charge in [0.2, 0.25) is 11.8 Å². The van der Waals surface area contributed by atoms with Crippen molar-refractivity contribution in [3.05, 3.63) is 29.8 Å². The summed E-state index contributed by atoms with van der Waals surface area (Å²) >= 11 is 0. The van der Waals surface area contributed by atoms with E-state index in [9.17, 15) is 9.59 Å². The smallest absolute Gasteiger partial charge is 0.227 e. The maximum Gasteiger partial charge on any atom is 0.227 e. The fraction of sp³-hybridized carbons (Fsp3) is 0.500. The molecular weight excluding hydrogens is 266 g/mol. The molecule has 0 fully saturated rings. The van der Waals surface area contributed by atoms with Gasteiger partial charge in [-0.15, -0.1) is 0 Å². The third kappa shape index (κ3) is 3.54. The quantitative estimate of drug-likeness (QED) is 0.769. The van der Waals surface area contributed by atoms with E-state index in [1.54, 1.807) is 7.05 Å². The second-order valence-electron chi connectivity index (χ2n) is 6.11. The van der Waals surface area contributed by atoms with Gasteiger partial charge < -0.3 is 16.0 Å². The van der Waals surface area contributed by atoms with Gasteiger partial charge in [-0.3, -0.25) is 9.59 Å². The molecular formula is C16H23N3O2. The first-order chi connectivity index (χ1) is 9.94. The molecule has 2 amide bonds. The molecule has 1 unspecified atom stereocenters. The number of carbonyl (C=O) groups excluding carboxylic acids is 2. The standard InChI is InChI=1S/C16H23N3O2/c1-16(2,15(21)17-3)10-19-14(20)8-11-9-18-13-7-5-4-6-12(11)13/h4-7,11,18H,8-10H2,1-3H3,(H,17,21)(H,19,20). The van der Waals surface area contributed by atoms with Crippen molar-refractivity contribution in [2.24, 2.45) is 5.41 Å². The van der Waals surface area contributed by atoms with Gasteiger partial charge in [-0.2, -0.15) is 0 Å². The highest BCUT2D eigenvalue weighted by molar-refractivity contribution is 5.83. The molecule has 1 aliphatic heterocycles. The number of hydrogen-bond acceptors (Lipinski definition) is 3. The zero-order chi connectivity index (χ0) is 15.5. The molecule has 1 aromatic rings. The first-order valence-electron chi connectivity index (χ1n) is 7.25. The lowest BCUT2D eigenvalue weighted by Crippen LogP contribution is -2.44. The summed E-state index contributed by atoms with van der Waals surface area (Å²) in [5.74, 6) is 0.107. The highest BCUT2D eigenvalue weighted by atomic mass is 16.2. The Labute approximate surface area is 125 Å². The van der Waals surface area contributed by atoms with Gasteiger partial charge in [0, 0.05) is 38.2 Å². The Morgan fingerprint density at radius 2 is 2.05 bits per heavy atom. The fourth-order valence-electron chi connectivity index (χ4n) is 2.57. The number of amides is 2. The van der Waals surface area contributed by atoms with Crippen LogP contribution in [0.2, 0.25) is 0 Å². The predicted octanol–water partition coefficient (Wildman–Crippen LogP) is 1.47. The monoisotopic (exact) mass is 289 g/mol. The third-order valence-corrected chi connectivity index (χ3v) is 3.94. The van der Waals surface area contributed by atoms with E-state index < -0.39 is 5.41 Å². The van der Waals surface area contributed by atoms with Crippen LogP contribution in [0.4, 0.5) is 5.69 Å². The minimum atomic E-state index is -0.601. The first-order valence-corrected chi connectivity index (χ1v) is 7.25. The van der Waals surface area contributed by atoms with Crippen LogP contribution in [-0.4, -0.2) is 32.0 Å². The Hall–Kier alpha value is -2.04. The van der Waals surface area contributed by atoms with Crippen LogP contribution < -0.4 is 16.0 Å². The Morgan fingerprint density at radius 1 is 1.33 bits per heavy atom. The predicted molar refractivity (Wildman–Crippen MR) is 83.1 cm³/mol. The van der Waals surface area contributed by atoms with Gasteiger partial charge in [-0.1, -0.05) is 18.2 Å². The van der Waals surface area contributed by atoms with Gasteiger partial charge in [-0.05, 0) is 25.5 Å². The Morgan fingerprint density at radius 3 is 2.76 bits per heavy atom. The number of nitrogens with one attached hydrogen (secondary N) is 3. The van der Waals surface area contributed by atoms with Gasteiger partial charge in [-0.25, -0.2) is 0 Å². The number of rotatable bonds is 5. The summed E-state index contributed by atoms with van der Waals surface area (Å²) < 4.78 is 0. The van der Waals surface area contributed by atoms with E-state index in [1.807, 2.05) is 32.0 Å². The molecule has 5 heteroatoms. The van der Waals surface area contributed by atoms with Gasteiger partial charge in [0.15, 0.2) is 0 Å².